The SMILES string of the molecule is O=C(c1ccc([N+](=O)[O-])cc1)N1CCCN(c2ccccc2)c2ccccc21. The summed E-state index contributed by atoms with van der Waals surface area (Å²) in [5, 5.41) is 10.9. The fraction of sp³-hybridized carbons (Fsp3) is 0.136. The Hall–Kier alpha value is -3.67. The lowest BCUT2D eigenvalue weighted by Gasteiger charge is -2.27. The molecule has 0 N–H and O–H groups in total. The molecule has 0 unspecified atom stereocenters. The first kappa shape index (κ1) is 17.7. The third kappa shape index (κ3) is 3.32. The number of benzene rings is 3. The van der Waals surface area contributed by atoms with Crippen LogP contribution in [0.2, 0.25) is 0 Å². The number of rotatable bonds is 3. The number of amides is 1. The minimum Gasteiger partial charge on any atom is -0.340 e. The number of nitro benzene ring substituents is 1. The van der Waals surface area contributed by atoms with Crippen LogP contribution < -0.4 is 9.80 Å². The van der Waals surface area contributed by atoms with Gasteiger partial charge in [-0.1, -0.05) is 30.3 Å². The largest absolute Gasteiger partial charge is 0.340 e. The summed E-state index contributed by atoms with van der Waals surface area (Å²) in [5.74, 6) is -0.155. The minimum atomic E-state index is -0.465. The van der Waals surface area contributed by atoms with Crippen LogP contribution in [-0.4, -0.2) is 23.9 Å². The number of carbonyl (C=O) groups excluding carboxylic acids is 1. The summed E-state index contributed by atoms with van der Waals surface area (Å²) in [7, 11) is 0. The van der Waals surface area contributed by atoms with E-state index < -0.39 is 4.92 Å². The number of hydrogen-bond acceptors (Lipinski definition) is 4. The minimum absolute atomic E-state index is 0.0249. The van der Waals surface area contributed by atoms with E-state index in [2.05, 4.69) is 17.0 Å². The van der Waals surface area contributed by atoms with Crippen molar-refractivity contribution < 1.29 is 9.72 Å². The summed E-state index contributed by atoms with van der Waals surface area (Å²) in [4.78, 5) is 27.6. The number of hydrogen-bond donors (Lipinski definition) is 0. The summed E-state index contributed by atoms with van der Waals surface area (Å²) in [6.07, 6.45) is 0.808. The van der Waals surface area contributed by atoms with Gasteiger partial charge in [0, 0.05) is 36.5 Å². The Balaban J connectivity index is 1.71. The molecule has 0 saturated heterocycles. The fourth-order valence-electron chi connectivity index (χ4n) is 3.52. The van der Waals surface area contributed by atoms with Gasteiger partial charge in [-0.15, -0.1) is 0 Å². The van der Waals surface area contributed by atoms with Gasteiger partial charge in [-0.3, -0.25) is 14.9 Å². The van der Waals surface area contributed by atoms with Crippen molar-refractivity contribution in [2.75, 3.05) is 22.9 Å². The van der Waals surface area contributed by atoms with E-state index in [1.807, 2.05) is 42.5 Å². The van der Waals surface area contributed by atoms with Crippen molar-refractivity contribution in [2.24, 2.45) is 0 Å². The van der Waals surface area contributed by atoms with Gasteiger partial charge in [0.05, 0.1) is 16.3 Å². The number of para-hydroxylation sites is 3. The van der Waals surface area contributed by atoms with Crippen LogP contribution in [0.4, 0.5) is 22.7 Å². The van der Waals surface area contributed by atoms with E-state index in [0.717, 1.165) is 30.0 Å². The highest BCUT2D eigenvalue weighted by molar-refractivity contribution is 6.08. The topological polar surface area (TPSA) is 66.7 Å². The standard InChI is InChI=1S/C22H19N3O3/c26-22(17-11-13-19(14-12-17)25(27)28)24-16-6-15-23(18-7-2-1-3-8-18)20-9-4-5-10-21(20)24/h1-5,7-14H,6,15-16H2. The maximum atomic E-state index is 13.2. The molecule has 1 heterocycles. The number of nitro groups is 1. The average Bonchev–Trinajstić information content (AvgIpc) is 2.94. The van der Waals surface area contributed by atoms with E-state index in [9.17, 15) is 14.9 Å². The zero-order chi connectivity index (χ0) is 19.5. The van der Waals surface area contributed by atoms with E-state index in [1.165, 1.54) is 24.3 Å². The summed E-state index contributed by atoms with van der Waals surface area (Å²) >= 11 is 0. The molecule has 3 aromatic carbocycles. The van der Waals surface area contributed by atoms with Crippen LogP contribution in [-0.2, 0) is 0 Å². The van der Waals surface area contributed by atoms with Crippen LogP contribution >= 0.6 is 0 Å². The number of anilines is 3. The smallest absolute Gasteiger partial charge is 0.269 e. The lowest BCUT2D eigenvalue weighted by molar-refractivity contribution is -0.384. The Labute approximate surface area is 162 Å². The van der Waals surface area contributed by atoms with E-state index >= 15 is 0 Å². The van der Waals surface area contributed by atoms with Gasteiger partial charge in [0.2, 0.25) is 0 Å². The maximum absolute atomic E-state index is 13.2. The summed E-state index contributed by atoms with van der Waals surface area (Å²) in [5.41, 5.74) is 3.31. The van der Waals surface area contributed by atoms with E-state index in [-0.39, 0.29) is 11.6 Å². The molecule has 6 nitrogen and oxygen atoms in total. The van der Waals surface area contributed by atoms with Crippen molar-refractivity contribution in [3.8, 4) is 0 Å². The third-order valence-electron chi connectivity index (χ3n) is 4.86. The molecule has 0 saturated carbocycles. The molecule has 1 aliphatic heterocycles. The average molecular weight is 373 g/mol. The fourth-order valence-corrected chi connectivity index (χ4v) is 3.52. The quantitative estimate of drug-likeness (QED) is 0.489. The Morgan fingerprint density at radius 2 is 1.46 bits per heavy atom. The van der Waals surface area contributed by atoms with Crippen LogP contribution in [0.5, 0.6) is 0 Å². The van der Waals surface area contributed by atoms with Crippen LogP contribution in [0, 0.1) is 10.1 Å². The molecule has 0 radical (unpaired) electrons. The zero-order valence-electron chi connectivity index (χ0n) is 15.2. The van der Waals surface area contributed by atoms with E-state index in [1.54, 1.807) is 4.90 Å². The molecular formula is C22H19N3O3. The first-order valence-electron chi connectivity index (χ1n) is 9.13. The second-order valence-electron chi connectivity index (χ2n) is 6.59. The number of nitrogens with zero attached hydrogens (tertiary/aromatic N) is 3. The molecular weight excluding hydrogens is 354 g/mol. The highest BCUT2D eigenvalue weighted by Gasteiger charge is 2.26. The molecule has 1 amide bonds. The predicted octanol–water partition coefficient (Wildman–Crippen LogP) is 4.78. The third-order valence-corrected chi connectivity index (χ3v) is 4.86. The summed E-state index contributed by atoms with van der Waals surface area (Å²) < 4.78 is 0. The predicted molar refractivity (Wildman–Crippen MR) is 109 cm³/mol. The zero-order valence-corrected chi connectivity index (χ0v) is 15.2. The highest BCUT2D eigenvalue weighted by atomic mass is 16.6. The molecule has 3 aromatic rings. The second-order valence-corrected chi connectivity index (χ2v) is 6.59. The van der Waals surface area contributed by atoms with Crippen molar-refractivity contribution in [2.45, 2.75) is 6.42 Å². The number of fused-ring (bicyclic) bond motifs is 1. The first-order chi connectivity index (χ1) is 13.6. The number of non-ortho nitro benzene ring substituents is 1. The van der Waals surface area contributed by atoms with Crippen molar-refractivity contribution in [3.05, 3.63) is 94.5 Å². The van der Waals surface area contributed by atoms with Crippen molar-refractivity contribution in [1.82, 2.24) is 0 Å². The molecule has 0 atom stereocenters. The molecule has 1 aliphatic rings. The highest BCUT2D eigenvalue weighted by Crippen LogP contribution is 2.37. The van der Waals surface area contributed by atoms with Gasteiger partial charge in [-0.05, 0) is 42.8 Å². The lowest BCUT2D eigenvalue weighted by Crippen LogP contribution is -2.31. The van der Waals surface area contributed by atoms with Gasteiger partial charge in [0.25, 0.3) is 11.6 Å². The molecule has 0 spiro atoms. The Morgan fingerprint density at radius 3 is 2.14 bits per heavy atom. The molecule has 6 heteroatoms. The van der Waals surface area contributed by atoms with Crippen LogP contribution in [0.25, 0.3) is 0 Å². The van der Waals surface area contributed by atoms with Gasteiger partial charge in [-0.2, -0.15) is 0 Å². The van der Waals surface area contributed by atoms with Crippen molar-refractivity contribution in [3.63, 3.8) is 0 Å². The Bertz CT molecular complexity index is 1000. The summed E-state index contributed by atoms with van der Waals surface area (Å²) in [6, 6.07) is 23.7. The molecule has 0 fully saturated rings. The molecule has 0 aromatic heterocycles. The molecule has 0 aliphatic carbocycles. The van der Waals surface area contributed by atoms with Gasteiger partial charge in [0.1, 0.15) is 0 Å². The van der Waals surface area contributed by atoms with Gasteiger partial charge < -0.3 is 9.80 Å². The lowest BCUT2D eigenvalue weighted by atomic mass is 10.1. The number of carbonyl (C=O) groups is 1. The van der Waals surface area contributed by atoms with Crippen molar-refractivity contribution >= 4 is 28.7 Å². The van der Waals surface area contributed by atoms with Crippen LogP contribution in [0.3, 0.4) is 0 Å². The Morgan fingerprint density at radius 1 is 0.821 bits per heavy atom. The molecule has 0 bridgehead atoms. The van der Waals surface area contributed by atoms with Crippen molar-refractivity contribution in [1.29, 1.82) is 0 Å². The monoisotopic (exact) mass is 373 g/mol. The second kappa shape index (κ2) is 7.52. The Kier molecular flexibility index (Phi) is 4.76. The van der Waals surface area contributed by atoms with Gasteiger partial charge in [-0.25, -0.2) is 0 Å². The molecule has 4 rings (SSSR count). The maximum Gasteiger partial charge on any atom is 0.269 e. The van der Waals surface area contributed by atoms with Crippen LogP contribution in [0.15, 0.2) is 78.9 Å². The van der Waals surface area contributed by atoms with Gasteiger partial charge >= 0.3 is 0 Å². The molecule has 140 valence electrons. The van der Waals surface area contributed by atoms with Gasteiger partial charge in [0.15, 0.2) is 0 Å². The van der Waals surface area contributed by atoms with Crippen LogP contribution in [0.1, 0.15) is 16.8 Å². The van der Waals surface area contributed by atoms with E-state index in [4.69, 9.17) is 0 Å². The van der Waals surface area contributed by atoms with E-state index in [0.29, 0.717) is 12.1 Å². The normalized spacial score (nSPS) is 13.6. The first-order valence-corrected chi connectivity index (χ1v) is 9.13. The molecule has 28 heavy (non-hydrogen) atoms. The summed E-state index contributed by atoms with van der Waals surface area (Å²) in [6.45, 7) is 1.38.